The van der Waals surface area contributed by atoms with Gasteiger partial charge in [0.25, 0.3) is 0 Å². The lowest BCUT2D eigenvalue weighted by Gasteiger charge is -2.20. The summed E-state index contributed by atoms with van der Waals surface area (Å²) in [6.07, 6.45) is 0.709. The van der Waals surface area contributed by atoms with Gasteiger partial charge in [0.1, 0.15) is 23.8 Å². The van der Waals surface area contributed by atoms with Crippen molar-refractivity contribution in [3.63, 3.8) is 0 Å². The second-order valence-electron chi connectivity index (χ2n) is 6.74. The van der Waals surface area contributed by atoms with Crippen LogP contribution in [-0.2, 0) is 30.5 Å². The van der Waals surface area contributed by atoms with Crippen molar-refractivity contribution >= 4 is 49.9 Å². The topological polar surface area (TPSA) is 157 Å². The van der Waals surface area contributed by atoms with Crippen LogP contribution in [0, 0.1) is 9.65 Å². The van der Waals surface area contributed by atoms with E-state index in [9.17, 15) is 12.8 Å². The molecule has 1 atom stereocenters. The first-order chi connectivity index (χ1) is 15.2. The number of halogens is 2. The van der Waals surface area contributed by atoms with Crippen LogP contribution in [0.5, 0.6) is 0 Å². The Balaban J connectivity index is 1.85. The third-order valence-electron chi connectivity index (χ3n) is 4.65. The molecule has 3 heterocycles. The first-order valence-electron chi connectivity index (χ1n) is 9.30. The Kier molecular flexibility index (Phi) is 6.45. The van der Waals surface area contributed by atoms with Crippen molar-refractivity contribution in [3.8, 4) is 0 Å². The summed E-state index contributed by atoms with van der Waals surface area (Å²) < 4.78 is 54.3. The highest BCUT2D eigenvalue weighted by atomic mass is 127. The molecule has 14 heteroatoms. The number of fused-ring (bicyclic) bond motifs is 1. The number of allylic oxidation sites excluding steroid dienone is 1. The van der Waals surface area contributed by atoms with Crippen LogP contribution in [0.1, 0.15) is 23.7 Å². The van der Waals surface area contributed by atoms with Crippen molar-refractivity contribution in [3.05, 3.63) is 57.3 Å². The standard InChI is InChI=1S/C18H18FIN6O5S/c19-18-24-15(21)14-17(25-18)26(6-3-7-31-32(22,27)28)16(23-14)13(12-8-29-9-30-12)10-4-1-2-5-11(10)20/h1-2,4-5,8,13H,3,6-7,9H2,(H2,21,24,25)(H2,22,27,28). The maximum atomic E-state index is 14.0. The molecule has 4 rings (SSSR count). The van der Waals surface area contributed by atoms with Gasteiger partial charge in [-0.3, -0.25) is 4.18 Å². The van der Waals surface area contributed by atoms with Crippen LogP contribution in [-0.4, -0.2) is 41.3 Å². The summed E-state index contributed by atoms with van der Waals surface area (Å²) in [5.41, 5.74) is 7.16. The highest BCUT2D eigenvalue weighted by Gasteiger charge is 2.32. The number of nitrogen functional groups attached to an aromatic ring is 1. The van der Waals surface area contributed by atoms with Crippen molar-refractivity contribution in [1.82, 2.24) is 19.5 Å². The van der Waals surface area contributed by atoms with Crippen LogP contribution in [0.15, 0.2) is 36.3 Å². The SMILES string of the molecule is Nc1nc(F)nc2c1nc(C(C1=COCO1)c1ccccc1I)n2CCCOS(N)(=O)=O. The Morgan fingerprint density at radius 3 is 2.75 bits per heavy atom. The molecule has 1 unspecified atom stereocenters. The molecule has 0 fully saturated rings. The van der Waals surface area contributed by atoms with Crippen LogP contribution in [0.4, 0.5) is 10.2 Å². The molecule has 0 aliphatic carbocycles. The van der Waals surface area contributed by atoms with Crippen molar-refractivity contribution in [2.24, 2.45) is 5.14 Å². The Morgan fingerprint density at radius 2 is 2.06 bits per heavy atom. The van der Waals surface area contributed by atoms with Gasteiger partial charge in [-0.1, -0.05) is 18.2 Å². The fourth-order valence-electron chi connectivity index (χ4n) is 3.38. The van der Waals surface area contributed by atoms with Gasteiger partial charge in [-0.2, -0.15) is 22.8 Å². The number of imidazole rings is 1. The van der Waals surface area contributed by atoms with Crippen molar-refractivity contribution < 1.29 is 26.5 Å². The molecule has 1 aromatic carbocycles. The number of rotatable bonds is 8. The first kappa shape index (κ1) is 22.6. The minimum atomic E-state index is -4.09. The van der Waals surface area contributed by atoms with Gasteiger partial charge in [-0.05, 0) is 40.6 Å². The van der Waals surface area contributed by atoms with Gasteiger partial charge in [0.2, 0.25) is 6.79 Å². The van der Waals surface area contributed by atoms with E-state index in [1.54, 1.807) is 4.57 Å². The molecule has 170 valence electrons. The number of anilines is 1. The fourth-order valence-corrected chi connectivity index (χ4v) is 4.43. The summed E-state index contributed by atoms with van der Waals surface area (Å²) >= 11 is 2.20. The molecule has 2 aromatic heterocycles. The van der Waals surface area contributed by atoms with Gasteiger partial charge in [0, 0.05) is 10.1 Å². The minimum Gasteiger partial charge on any atom is -0.462 e. The Labute approximate surface area is 196 Å². The smallest absolute Gasteiger partial charge is 0.333 e. The molecule has 0 saturated heterocycles. The summed E-state index contributed by atoms with van der Waals surface area (Å²) in [5.74, 6) is 0.301. The van der Waals surface area contributed by atoms with E-state index in [4.69, 9.17) is 20.3 Å². The average molecular weight is 576 g/mol. The van der Waals surface area contributed by atoms with Gasteiger partial charge in [-0.25, -0.2) is 10.1 Å². The second kappa shape index (κ2) is 9.13. The minimum absolute atomic E-state index is 0.0498. The summed E-state index contributed by atoms with van der Waals surface area (Å²) in [4.78, 5) is 12.1. The number of nitrogens with zero attached hydrogens (tertiary/aromatic N) is 4. The van der Waals surface area contributed by atoms with Crippen LogP contribution in [0.3, 0.4) is 0 Å². The van der Waals surface area contributed by atoms with Crippen molar-refractivity contribution in [1.29, 1.82) is 0 Å². The zero-order chi connectivity index (χ0) is 22.9. The van der Waals surface area contributed by atoms with Gasteiger partial charge >= 0.3 is 16.4 Å². The van der Waals surface area contributed by atoms with E-state index in [1.165, 1.54) is 6.26 Å². The molecule has 32 heavy (non-hydrogen) atoms. The van der Waals surface area contributed by atoms with Gasteiger partial charge in [0.15, 0.2) is 17.0 Å². The Hall–Kier alpha value is -2.56. The molecular formula is C18H18FIN6O5S. The molecule has 4 N–H and O–H groups in total. The predicted molar refractivity (Wildman–Crippen MR) is 119 cm³/mol. The quantitative estimate of drug-likeness (QED) is 0.232. The van der Waals surface area contributed by atoms with Crippen LogP contribution in [0.2, 0.25) is 0 Å². The number of hydrogen-bond acceptors (Lipinski definition) is 9. The third kappa shape index (κ3) is 4.77. The Morgan fingerprint density at radius 1 is 1.28 bits per heavy atom. The predicted octanol–water partition coefficient (Wildman–Crippen LogP) is 1.74. The van der Waals surface area contributed by atoms with E-state index in [-0.39, 0.29) is 43.3 Å². The Bertz CT molecular complexity index is 1300. The van der Waals surface area contributed by atoms with Gasteiger partial charge in [-0.15, -0.1) is 0 Å². The lowest BCUT2D eigenvalue weighted by molar-refractivity contribution is 0.0764. The maximum absolute atomic E-state index is 14.0. The number of aryl methyl sites for hydroxylation is 1. The first-order valence-corrected chi connectivity index (χ1v) is 11.8. The molecule has 3 aromatic rings. The molecule has 1 aliphatic rings. The van der Waals surface area contributed by atoms with E-state index in [0.717, 1.165) is 9.13 Å². The van der Waals surface area contributed by atoms with Gasteiger partial charge < -0.3 is 19.8 Å². The zero-order valence-corrected chi connectivity index (χ0v) is 19.4. The lowest BCUT2D eigenvalue weighted by Crippen LogP contribution is -2.18. The largest absolute Gasteiger partial charge is 0.462 e. The molecule has 0 bridgehead atoms. The molecule has 1 aliphatic heterocycles. The average Bonchev–Trinajstić information content (AvgIpc) is 3.36. The van der Waals surface area contributed by atoms with E-state index >= 15 is 0 Å². The van der Waals surface area contributed by atoms with Crippen LogP contribution in [0.25, 0.3) is 11.2 Å². The highest BCUT2D eigenvalue weighted by Crippen LogP contribution is 2.38. The van der Waals surface area contributed by atoms with Gasteiger partial charge in [0.05, 0.1) is 6.61 Å². The van der Waals surface area contributed by atoms with Crippen LogP contribution < -0.4 is 10.9 Å². The van der Waals surface area contributed by atoms with Crippen molar-refractivity contribution in [2.45, 2.75) is 18.9 Å². The summed E-state index contributed by atoms with van der Waals surface area (Å²) in [6, 6.07) is 7.62. The normalized spacial score (nSPS) is 14.8. The number of benzene rings is 1. The molecule has 0 amide bonds. The van der Waals surface area contributed by atoms with E-state index in [1.807, 2.05) is 24.3 Å². The second-order valence-corrected chi connectivity index (χ2v) is 9.13. The third-order valence-corrected chi connectivity index (χ3v) is 6.13. The zero-order valence-electron chi connectivity index (χ0n) is 16.4. The lowest BCUT2D eigenvalue weighted by atomic mass is 9.96. The molecule has 0 saturated carbocycles. The van der Waals surface area contributed by atoms with E-state index in [2.05, 4.69) is 41.7 Å². The number of nitrogens with two attached hydrogens (primary N) is 2. The highest BCUT2D eigenvalue weighted by molar-refractivity contribution is 14.1. The van der Waals surface area contributed by atoms with E-state index < -0.39 is 22.3 Å². The number of aromatic nitrogens is 4. The summed E-state index contributed by atoms with van der Waals surface area (Å²) in [6.45, 7) is 0.0520. The fraction of sp³-hybridized carbons (Fsp3) is 0.278. The van der Waals surface area contributed by atoms with Crippen molar-refractivity contribution in [2.75, 3.05) is 19.1 Å². The molecular weight excluding hydrogens is 558 g/mol. The summed E-state index contributed by atoms with van der Waals surface area (Å²) in [5, 5.41) is 4.88. The van der Waals surface area contributed by atoms with E-state index in [0.29, 0.717) is 11.6 Å². The number of ether oxygens (including phenoxy) is 2. The molecule has 11 nitrogen and oxygen atoms in total. The monoisotopic (exact) mass is 576 g/mol. The molecule has 0 radical (unpaired) electrons. The summed E-state index contributed by atoms with van der Waals surface area (Å²) in [7, 11) is -4.09. The molecule has 0 spiro atoms. The number of hydrogen-bond donors (Lipinski definition) is 2. The maximum Gasteiger partial charge on any atom is 0.333 e. The van der Waals surface area contributed by atoms with Crippen LogP contribution >= 0.6 is 22.6 Å².